The molecule has 2 aromatic rings. The molecule has 1 nitrogen and oxygen atoms in total. The number of hydrogen-bond acceptors (Lipinski definition) is 0. The summed E-state index contributed by atoms with van der Waals surface area (Å²) in [7, 11) is 15.0. The number of aryl methyl sites for hydroxylation is 2. The van der Waals surface area contributed by atoms with Crippen LogP contribution in [0.4, 0.5) is 0 Å². The van der Waals surface area contributed by atoms with Crippen molar-refractivity contribution in [2.24, 2.45) is 0 Å². The molecule has 0 spiro atoms. The molecule has 5 heteroatoms. The number of para-hydroxylation sites is 1. The normalized spacial score (nSPS) is 10.7. The zero-order valence-electron chi connectivity index (χ0n) is 19.7. The summed E-state index contributed by atoms with van der Waals surface area (Å²) in [4.78, 5) is 0. The monoisotopic (exact) mass is 538 g/mol. The Bertz CT molecular complexity index is 691. The molecule has 31 heavy (non-hydrogen) atoms. The minimum atomic E-state index is -2.21. The van der Waals surface area contributed by atoms with Gasteiger partial charge in [-0.3, -0.25) is 0 Å². The van der Waals surface area contributed by atoms with Crippen molar-refractivity contribution in [2.75, 3.05) is 0 Å². The van der Waals surface area contributed by atoms with Gasteiger partial charge in [0.25, 0.3) is 0 Å². The first-order valence-corrected chi connectivity index (χ1v) is 24.1. The Labute approximate surface area is 208 Å². The summed E-state index contributed by atoms with van der Waals surface area (Å²) in [5, 5.41) is 1.23. The standard InChI is InChI=1S/C26H41O.3ClH.Zn/c1-3-4-5-6-7-8-9-10-11-12-13-14-15-16-19-24-22-25-20-17-18-21-26(25)27-23(24)2;;;;/h17-18,20-22H,3-16,19H2,1-2H3;3*1H;/q+1;;;;+2/p-3. The summed E-state index contributed by atoms with van der Waals surface area (Å²) in [5.74, 6) is 1.09. The number of fused-ring (bicyclic) bond motifs is 1. The quantitative estimate of drug-likeness (QED) is 0.124. The third-order valence-corrected chi connectivity index (χ3v) is 5.76. The summed E-state index contributed by atoms with van der Waals surface area (Å²) < 4.78 is 5.96. The van der Waals surface area contributed by atoms with Crippen LogP contribution in [0.15, 0.2) is 34.7 Å². The first-order valence-electron chi connectivity index (χ1n) is 12.4. The fraction of sp³-hybridized carbons (Fsp3) is 0.654. The van der Waals surface area contributed by atoms with Gasteiger partial charge in [-0.15, -0.1) is 0 Å². The van der Waals surface area contributed by atoms with Gasteiger partial charge in [-0.05, 0) is 25.0 Å². The summed E-state index contributed by atoms with van der Waals surface area (Å²) in [5.41, 5.74) is 2.38. The van der Waals surface area contributed by atoms with Crippen molar-refractivity contribution in [3.63, 3.8) is 0 Å². The van der Waals surface area contributed by atoms with Crippen LogP contribution in [0.1, 0.15) is 108 Å². The third kappa shape index (κ3) is 15.6. The molecule has 0 fully saturated rings. The van der Waals surface area contributed by atoms with Gasteiger partial charge in [0.05, 0.1) is 17.9 Å². The van der Waals surface area contributed by atoms with Crippen molar-refractivity contribution in [3.05, 3.63) is 41.7 Å². The average Bonchev–Trinajstić information content (AvgIpc) is 2.74. The van der Waals surface area contributed by atoms with Gasteiger partial charge in [0.15, 0.2) is 0 Å². The zero-order chi connectivity index (χ0) is 22.7. The molecule has 0 atom stereocenters. The number of benzene rings is 1. The van der Waals surface area contributed by atoms with E-state index in [1.54, 1.807) is 0 Å². The van der Waals surface area contributed by atoms with Crippen LogP contribution in [-0.2, 0) is 19.4 Å². The van der Waals surface area contributed by atoms with E-state index in [0.29, 0.717) is 0 Å². The van der Waals surface area contributed by atoms with E-state index in [1.807, 2.05) is 6.07 Å². The maximum atomic E-state index is 5.96. The Morgan fingerprint density at radius 2 is 1.16 bits per heavy atom. The molecule has 0 radical (unpaired) electrons. The van der Waals surface area contributed by atoms with E-state index in [2.05, 4.69) is 38.1 Å². The van der Waals surface area contributed by atoms with Crippen LogP contribution in [0.25, 0.3) is 11.0 Å². The Morgan fingerprint density at radius 1 is 0.710 bits per heavy atom. The second-order valence-corrected chi connectivity index (χ2v) is 22.4. The molecule has 1 heterocycles. The predicted octanol–water partition coefficient (Wildman–Crippen LogP) is 11.1. The molecular formula is C26H41Cl3OZn. The van der Waals surface area contributed by atoms with Crippen LogP contribution in [-0.4, -0.2) is 0 Å². The fourth-order valence-electron chi connectivity index (χ4n) is 3.97. The van der Waals surface area contributed by atoms with E-state index in [4.69, 9.17) is 33.5 Å². The molecule has 174 valence electrons. The molecule has 0 amide bonds. The Balaban J connectivity index is 0.00000110. The molecule has 0 bridgehead atoms. The van der Waals surface area contributed by atoms with E-state index in [1.165, 1.54) is 101 Å². The van der Waals surface area contributed by atoms with Crippen molar-refractivity contribution >= 4 is 40.0 Å². The first kappa shape index (κ1) is 29.2. The Morgan fingerprint density at radius 3 is 1.68 bits per heavy atom. The molecular weight excluding hydrogens is 500 g/mol. The summed E-state index contributed by atoms with van der Waals surface area (Å²) in [6, 6.07) is 10.6. The topological polar surface area (TPSA) is 11.3 Å². The van der Waals surface area contributed by atoms with Gasteiger partial charge in [-0.1, -0.05) is 103 Å². The maximum absolute atomic E-state index is 5.96. The second-order valence-electron chi connectivity index (χ2n) is 8.51. The van der Waals surface area contributed by atoms with Crippen LogP contribution >= 0.6 is 29.1 Å². The number of unbranched alkanes of at least 4 members (excludes halogenated alkanes) is 13. The van der Waals surface area contributed by atoms with E-state index < -0.39 is 13.0 Å². The molecule has 1 aromatic heterocycles. The Hall–Kier alpha value is 0.123. The molecule has 0 saturated carbocycles. The van der Waals surface area contributed by atoms with Crippen LogP contribution in [0.5, 0.6) is 0 Å². The van der Waals surface area contributed by atoms with Crippen molar-refractivity contribution in [2.45, 2.75) is 110 Å². The number of hydrogen-bond donors (Lipinski definition) is 0. The number of halogens is 3. The van der Waals surface area contributed by atoms with Crippen molar-refractivity contribution < 1.29 is 17.4 Å². The Kier molecular flexibility index (Phi) is 18.4. The van der Waals surface area contributed by atoms with E-state index in [9.17, 15) is 0 Å². The number of rotatable bonds is 15. The summed E-state index contributed by atoms with van der Waals surface area (Å²) in [6.07, 6.45) is 21.0. The molecule has 2 rings (SSSR count). The van der Waals surface area contributed by atoms with Gasteiger partial charge in [0.1, 0.15) is 0 Å². The van der Waals surface area contributed by atoms with Gasteiger partial charge in [-0.2, -0.15) is 0 Å². The van der Waals surface area contributed by atoms with Gasteiger partial charge >= 0.3 is 53.4 Å². The summed E-state index contributed by atoms with van der Waals surface area (Å²) >= 11 is -2.21. The second kappa shape index (κ2) is 19.6. The fourth-order valence-corrected chi connectivity index (χ4v) is 3.97. The third-order valence-electron chi connectivity index (χ3n) is 5.76. The van der Waals surface area contributed by atoms with Gasteiger partial charge < -0.3 is 0 Å². The van der Waals surface area contributed by atoms with E-state index >= 15 is 0 Å². The van der Waals surface area contributed by atoms with E-state index in [0.717, 1.165) is 17.8 Å². The minimum absolute atomic E-state index is 1.000. The van der Waals surface area contributed by atoms with Crippen LogP contribution in [0.3, 0.4) is 0 Å². The SMILES string of the molecule is CCCCCCCCCCCCCCCCc1cc2ccccc2[o+]c1C.[Cl][Zn-]([Cl])[Cl]. The van der Waals surface area contributed by atoms with Gasteiger partial charge in [0, 0.05) is 6.07 Å². The van der Waals surface area contributed by atoms with Gasteiger partial charge in [0.2, 0.25) is 0 Å². The van der Waals surface area contributed by atoms with Crippen LogP contribution < -0.4 is 0 Å². The zero-order valence-corrected chi connectivity index (χ0v) is 25.0. The molecule has 0 saturated heterocycles. The van der Waals surface area contributed by atoms with Crippen LogP contribution in [0, 0.1) is 6.92 Å². The first-order chi connectivity index (χ1) is 15.0. The molecule has 0 aliphatic carbocycles. The van der Waals surface area contributed by atoms with Crippen LogP contribution in [0.2, 0.25) is 0 Å². The average molecular weight is 541 g/mol. The van der Waals surface area contributed by atoms with Gasteiger partial charge in [-0.25, -0.2) is 4.42 Å². The van der Waals surface area contributed by atoms with Crippen molar-refractivity contribution in [1.29, 1.82) is 0 Å². The molecule has 0 aliphatic rings. The molecule has 0 N–H and O–H groups in total. The predicted molar refractivity (Wildman–Crippen MR) is 137 cm³/mol. The van der Waals surface area contributed by atoms with Crippen molar-refractivity contribution in [3.8, 4) is 0 Å². The molecule has 1 aromatic carbocycles. The summed E-state index contributed by atoms with van der Waals surface area (Å²) in [6.45, 7) is 4.39. The molecule has 0 unspecified atom stereocenters. The van der Waals surface area contributed by atoms with Crippen molar-refractivity contribution in [1.82, 2.24) is 0 Å². The molecule has 0 aliphatic heterocycles. The van der Waals surface area contributed by atoms with E-state index in [-0.39, 0.29) is 0 Å².